The van der Waals surface area contributed by atoms with Crippen LogP contribution in [0.3, 0.4) is 0 Å². The molecule has 0 aliphatic heterocycles. The fourth-order valence-electron chi connectivity index (χ4n) is 3.74. The summed E-state index contributed by atoms with van der Waals surface area (Å²) >= 11 is 0. The molecule has 0 fully saturated rings. The molecule has 150 valence electrons. The van der Waals surface area contributed by atoms with Crippen LogP contribution < -0.4 is 4.74 Å². The maximum Gasteiger partial charge on any atom is 0.134 e. The molecule has 5 heteroatoms. The summed E-state index contributed by atoms with van der Waals surface area (Å²) in [5.41, 5.74) is 3.51. The van der Waals surface area contributed by atoms with Crippen LogP contribution in [0, 0.1) is 6.92 Å². The van der Waals surface area contributed by atoms with Crippen molar-refractivity contribution >= 4 is 11.0 Å². The Labute approximate surface area is 171 Å². The highest BCUT2D eigenvalue weighted by molar-refractivity contribution is 5.82. The van der Waals surface area contributed by atoms with Gasteiger partial charge in [0.1, 0.15) is 17.1 Å². The molecule has 0 saturated heterocycles. The van der Waals surface area contributed by atoms with Crippen LogP contribution in [0.15, 0.2) is 71.7 Å². The quantitative estimate of drug-likeness (QED) is 0.402. The van der Waals surface area contributed by atoms with E-state index in [1.165, 1.54) is 16.5 Å². The Bertz CT molecular complexity index is 1040. The van der Waals surface area contributed by atoms with E-state index in [0.29, 0.717) is 0 Å². The average molecular weight is 389 g/mol. The summed E-state index contributed by atoms with van der Waals surface area (Å²) in [7, 11) is 1.70. The van der Waals surface area contributed by atoms with Crippen LogP contribution >= 0.6 is 0 Å². The maximum atomic E-state index is 5.99. The van der Waals surface area contributed by atoms with Crippen molar-refractivity contribution in [3.63, 3.8) is 0 Å². The number of rotatable bonds is 9. The highest BCUT2D eigenvalue weighted by atomic mass is 16.5. The van der Waals surface area contributed by atoms with Crippen LogP contribution in [0.5, 0.6) is 5.75 Å². The number of fused-ring (bicyclic) bond motifs is 1. The van der Waals surface area contributed by atoms with Crippen LogP contribution in [0.1, 0.15) is 23.3 Å². The molecule has 0 amide bonds. The Balaban J connectivity index is 1.51. The summed E-state index contributed by atoms with van der Waals surface area (Å²) in [6, 6.07) is 16.6. The summed E-state index contributed by atoms with van der Waals surface area (Å²) < 4.78 is 13.4. The summed E-state index contributed by atoms with van der Waals surface area (Å²) in [6.45, 7) is 5.76. The number of ether oxygens (including phenoxy) is 1. The first-order chi connectivity index (χ1) is 14.2. The van der Waals surface area contributed by atoms with E-state index in [1.807, 2.05) is 43.0 Å². The van der Waals surface area contributed by atoms with Gasteiger partial charge in [0, 0.05) is 49.5 Å². The lowest BCUT2D eigenvalue weighted by Gasteiger charge is -2.23. The molecule has 0 N–H and O–H groups in total. The third kappa shape index (κ3) is 4.69. The van der Waals surface area contributed by atoms with E-state index in [4.69, 9.17) is 9.15 Å². The first-order valence-corrected chi connectivity index (χ1v) is 10.0. The minimum atomic E-state index is 0.860. The molecule has 0 atom stereocenters. The van der Waals surface area contributed by atoms with Gasteiger partial charge in [-0.3, -0.25) is 4.90 Å². The van der Waals surface area contributed by atoms with Crippen molar-refractivity contribution < 1.29 is 9.15 Å². The number of para-hydroxylation sites is 1. The van der Waals surface area contributed by atoms with E-state index in [1.54, 1.807) is 7.11 Å². The van der Waals surface area contributed by atoms with Crippen molar-refractivity contribution in [3.8, 4) is 5.75 Å². The van der Waals surface area contributed by atoms with Crippen molar-refractivity contribution in [1.82, 2.24) is 14.5 Å². The number of benzene rings is 2. The molecule has 0 saturated carbocycles. The second-order valence-electron chi connectivity index (χ2n) is 7.35. The van der Waals surface area contributed by atoms with Gasteiger partial charge in [0.05, 0.1) is 13.4 Å². The molecule has 2 heterocycles. The molecule has 0 bridgehead atoms. The molecule has 0 aliphatic rings. The van der Waals surface area contributed by atoms with Crippen LogP contribution in [0.25, 0.3) is 11.0 Å². The highest BCUT2D eigenvalue weighted by Gasteiger charge is 2.15. The first kappa shape index (κ1) is 19.3. The fourth-order valence-corrected chi connectivity index (χ4v) is 3.74. The standard InChI is InChI=1S/C24H27N3O2/c1-19-23(22-6-3-4-7-24(22)29-19)17-27(14-5-13-26-15-12-25-18-26)16-20-8-10-21(28-2)11-9-20/h3-4,6-12,15,18H,5,13-14,16-17H2,1-2H3. The third-order valence-corrected chi connectivity index (χ3v) is 5.30. The third-order valence-electron chi connectivity index (χ3n) is 5.30. The number of hydrogen-bond donors (Lipinski definition) is 0. The first-order valence-electron chi connectivity index (χ1n) is 10.0. The van der Waals surface area contributed by atoms with Gasteiger partial charge in [-0.1, -0.05) is 30.3 Å². The second-order valence-corrected chi connectivity index (χ2v) is 7.35. The van der Waals surface area contributed by atoms with E-state index >= 15 is 0 Å². The summed E-state index contributed by atoms with van der Waals surface area (Å²) in [4.78, 5) is 6.62. The lowest BCUT2D eigenvalue weighted by atomic mass is 10.1. The minimum Gasteiger partial charge on any atom is -0.497 e. The molecular weight excluding hydrogens is 362 g/mol. The zero-order valence-electron chi connectivity index (χ0n) is 17.0. The van der Waals surface area contributed by atoms with E-state index < -0.39 is 0 Å². The Morgan fingerprint density at radius 2 is 1.90 bits per heavy atom. The largest absolute Gasteiger partial charge is 0.497 e. The van der Waals surface area contributed by atoms with E-state index in [-0.39, 0.29) is 0 Å². The van der Waals surface area contributed by atoms with Crippen molar-refractivity contribution in [1.29, 1.82) is 0 Å². The maximum absolute atomic E-state index is 5.99. The number of methoxy groups -OCH3 is 1. The Hall–Kier alpha value is -3.05. The van der Waals surface area contributed by atoms with Crippen molar-refractivity contribution in [2.45, 2.75) is 33.0 Å². The summed E-state index contributed by atoms with van der Waals surface area (Å²) in [5.74, 6) is 1.89. The van der Waals surface area contributed by atoms with Crippen molar-refractivity contribution in [3.05, 3.63) is 84.1 Å². The Morgan fingerprint density at radius 1 is 1.07 bits per heavy atom. The van der Waals surface area contributed by atoms with Crippen LogP contribution in [-0.4, -0.2) is 28.1 Å². The molecule has 2 aromatic heterocycles. The van der Waals surface area contributed by atoms with Gasteiger partial charge < -0.3 is 13.7 Å². The van der Waals surface area contributed by atoms with Crippen molar-refractivity contribution in [2.24, 2.45) is 0 Å². The fraction of sp³-hybridized carbons (Fsp3) is 0.292. The second kappa shape index (κ2) is 8.97. The van der Waals surface area contributed by atoms with Gasteiger partial charge in [-0.05, 0) is 37.1 Å². The Morgan fingerprint density at radius 3 is 2.66 bits per heavy atom. The van der Waals surface area contributed by atoms with Crippen LogP contribution in [0.4, 0.5) is 0 Å². The zero-order chi connectivity index (χ0) is 20.1. The van der Waals surface area contributed by atoms with Gasteiger partial charge in [0.25, 0.3) is 0 Å². The SMILES string of the molecule is COc1ccc(CN(CCCn2ccnc2)Cc2c(C)oc3ccccc23)cc1. The molecule has 0 aliphatic carbocycles. The minimum absolute atomic E-state index is 0.860. The summed E-state index contributed by atoms with van der Waals surface area (Å²) in [6.07, 6.45) is 6.78. The monoisotopic (exact) mass is 389 g/mol. The number of aromatic nitrogens is 2. The molecule has 2 aromatic carbocycles. The summed E-state index contributed by atoms with van der Waals surface area (Å²) in [5, 5.41) is 1.21. The van der Waals surface area contributed by atoms with Crippen LogP contribution in [-0.2, 0) is 19.6 Å². The van der Waals surface area contributed by atoms with E-state index in [9.17, 15) is 0 Å². The Kier molecular flexibility index (Phi) is 5.96. The normalized spacial score (nSPS) is 11.4. The van der Waals surface area contributed by atoms with Gasteiger partial charge in [0.15, 0.2) is 0 Å². The molecule has 4 aromatic rings. The van der Waals surface area contributed by atoms with Gasteiger partial charge in [-0.2, -0.15) is 0 Å². The highest BCUT2D eigenvalue weighted by Crippen LogP contribution is 2.27. The molecular formula is C24H27N3O2. The number of imidazole rings is 1. The van der Waals surface area contributed by atoms with E-state index in [0.717, 1.165) is 49.7 Å². The lowest BCUT2D eigenvalue weighted by Crippen LogP contribution is -2.25. The smallest absolute Gasteiger partial charge is 0.134 e. The predicted octanol–water partition coefficient (Wildman–Crippen LogP) is 5.04. The predicted molar refractivity (Wildman–Crippen MR) is 115 cm³/mol. The molecule has 0 spiro atoms. The van der Waals surface area contributed by atoms with Gasteiger partial charge in [-0.15, -0.1) is 0 Å². The van der Waals surface area contributed by atoms with Crippen molar-refractivity contribution in [2.75, 3.05) is 13.7 Å². The van der Waals surface area contributed by atoms with Gasteiger partial charge in [-0.25, -0.2) is 4.98 Å². The lowest BCUT2D eigenvalue weighted by molar-refractivity contribution is 0.247. The number of nitrogens with zero attached hydrogens (tertiary/aromatic N) is 3. The number of hydrogen-bond acceptors (Lipinski definition) is 4. The molecule has 5 nitrogen and oxygen atoms in total. The molecule has 0 unspecified atom stereocenters. The molecule has 29 heavy (non-hydrogen) atoms. The average Bonchev–Trinajstić information content (AvgIpc) is 3.36. The molecule has 0 radical (unpaired) electrons. The topological polar surface area (TPSA) is 43.4 Å². The molecule has 4 rings (SSSR count). The van der Waals surface area contributed by atoms with Crippen LogP contribution in [0.2, 0.25) is 0 Å². The number of aryl methyl sites for hydroxylation is 2. The zero-order valence-corrected chi connectivity index (χ0v) is 17.0. The number of furan rings is 1. The van der Waals surface area contributed by atoms with Gasteiger partial charge >= 0.3 is 0 Å². The van der Waals surface area contributed by atoms with E-state index in [2.05, 4.69) is 45.6 Å². The van der Waals surface area contributed by atoms with Gasteiger partial charge in [0.2, 0.25) is 0 Å².